The predicted octanol–water partition coefficient (Wildman–Crippen LogP) is 4.03. The van der Waals surface area contributed by atoms with Crippen LogP contribution in [0.2, 0.25) is 0 Å². The number of rotatable bonds is 4. The molecule has 0 radical (unpaired) electrons. The lowest BCUT2D eigenvalue weighted by atomic mass is 10.1. The Labute approximate surface area is 136 Å². The van der Waals surface area contributed by atoms with Gasteiger partial charge < -0.3 is 15.0 Å². The maximum Gasteiger partial charge on any atom is 0.321 e. The predicted molar refractivity (Wildman–Crippen MR) is 87.2 cm³/mol. The van der Waals surface area contributed by atoms with E-state index >= 15 is 0 Å². The first kappa shape index (κ1) is 15.8. The highest BCUT2D eigenvalue weighted by atomic mass is 79.9. The summed E-state index contributed by atoms with van der Waals surface area (Å²) in [5.74, 6) is 0. The van der Waals surface area contributed by atoms with Crippen molar-refractivity contribution >= 4 is 43.6 Å². The molecule has 0 saturated carbocycles. The molecule has 110 valence electrons. The number of methoxy groups -OCH3 is 1. The van der Waals surface area contributed by atoms with Crippen molar-refractivity contribution in [2.45, 2.75) is 19.3 Å². The van der Waals surface area contributed by atoms with E-state index in [1.165, 1.54) is 0 Å². The van der Waals surface area contributed by atoms with E-state index in [2.05, 4.69) is 37.2 Å². The van der Waals surface area contributed by atoms with Crippen molar-refractivity contribution in [3.63, 3.8) is 0 Å². The summed E-state index contributed by atoms with van der Waals surface area (Å²) in [4.78, 5) is 14.1. The van der Waals surface area contributed by atoms with E-state index in [4.69, 9.17) is 4.74 Å². The van der Waals surface area contributed by atoms with Gasteiger partial charge in [0.05, 0.1) is 12.3 Å². The summed E-state index contributed by atoms with van der Waals surface area (Å²) in [6.45, 7) is 2.30. The molecule has 1 aromatic rings. The van der Waals surface area contributed by atoms with E-state index < -0.39 is 0 Å². The van der Waals surface area contributed by atoms with Gasteiger partial charge in [0.2, 0.25) is 0 Å². The molecule has 1 heterocycles. The summed E-state index contributed by atoms with van der Waals surface area (Å²) in [5.41, 5.74) is 1.89. The highest BCUT2D eigenvalue weighted by Gasteiger charge is 2.20. The number of ether oxygens (including phenoxy) is 1. The molecule has 6 heteroatoms. The van der Waals surface area contributed by atoms with Crippen LogP contribution in [0.3, 0.4) is 0 Å². The molecule has 1 aliphatic rings. The van der Waals surface area contributed by atoms with Crippen LogP contribution in [0.1, 0.15) is 18.4 Å². The smallest absolute Gasteiger partial charge is 0.321 e. The number of likely N-dealkylation sites (tertiary alicyclic amines) is 1. The van der Waals surface area contributed by atoms with Crippen molar-refractivity contribution in [2.24, 2.45) is 0 Å². The van der Waals surface area contributed by atoms with Crippen LogP contribution < -0.4 is 5.32 Å². The zero-order chi connectivity index (χ0) is 14.5. The first-order valence-electron chi connectivity index (χ1n) is 6.64. The monoisotopic (exact) mass is 404 g/mol. The van der Waals surface area contributed by atoms with Crippen LogP contribution in [0.4, 0.5) is 10.5 Å². The van der Waals surface area contributed by atoms with Crippen molar-refractivity contribution in [1.29, 1.82) is 0 Å². The second kappa shape index (κ2) is 7.43. The molecule has 0 spiro atoms. The maximum atomic E-state index is 12.2. The van der Waals surface area contributed by atoms with E-state index in [-0.39, 0.29) is 6.03 Å². The Balaban J connectivity index is 2.17. The number of benzene rings is 1. The Hall–Kier alpha value is -0.590. The number of carbonyl (C=O) groups excluding carboxylic acids is 1. The van der Waals surface area contributed by atoms with Crippen molar-refractivity contribution in [3.8, 4) is 0 Å². The van der Waals surface area contributed by atoms with E-state index in [1.54, 1.807) is 7.11 Å². The van der Waals surface area contributed by atoms with Crippen molar-refractivity contribution in [1.82, 2.24) is 4.90 Å². The highest BCUT2D eigenvalue weighted by molar-refractivity contribution is 9.11. The summed E-state index contributed by atoms with van der Waals surface area (Å²) in [7, 11) is 1.68. The van der Waals surface area contributed by atoms with Gasteiger partial charge in [-0.25, -0.2) is 4.79 Å². The molecular formula is C14H18Br2N2O2. The summed E-state index contributed by atoms with van der Waals surface area (Å²) in [6.07, 6.45) is 2.93. The van der Waals surface area contributed by atoms with E-state index in [0.717, 1.165) is 52.5 Å². The van der Waals surface area contributed by atoms with Crippen LogP contribution in [0.25, 0.3) is 0 Å². The number of anilines is 1. The Morgan fingerprint density at radius 2 is 2.05 bits per heavy atom. The van der Waals surface area contributed by atoms with Crippen molar-refractivity contribution in [2.75, 3.05) is 32.1 Å². The maximum absolute atomic E-state index is 12.2. The Morgan fingerprint density at radius 3 is 2.70 bits per heavy atom. The quantitative estimate of drug-likeness (QED) is 0.821. The zero-order valence-corrected chi connectivity index (χ0v) is 14.6. The Bertz CT molecular complexity index is 488. The van der Waals surface area contributed by atoms with Crippen LogP contribution in [-0.4, -0.2) is 37.7 Å². The van der Waals surface area contributed by atoms with E-state index in [9.17, 15) is 4.79 Å². The number of nitrogens with zero attached hydrogens (tertiary/aromatic N) is 1. The molecule has 0 aromatic heterocycles. The second-order valence-electron chi connectivity index (χ2n) is 4.79. The number of urea groups is 1. The fraction of sp³-hybridized carbons (Fsp3) is 0.500. The van der Waals surface area contributed by atoms with Crippen LogP contribution in [0.15, 0.2) is 21.1 Å². The van der Waals surface area contributed by atoms with E-state index in [1.807, 2.05) is 17.0 Å². The molecule has 1 fully saturated rings. The molecule has 20 heavy (non-hydrogen) atoms. The lowest BCUT2D eigenvalue weighted by Crippen LogP contribution is -2.32. The minimum atomic E-state index is -0.0239. The van der Waals surface area contributed by atoms with Gasteiger partial charge >= 0.3 is 6.03 Å². The number of amides is 2. The fourth-order valence-corrected chi connectivity index (χ4v) is 3.70. The number of hydrogen-bond donors (Lipinski definition) is 1. The minimum absolute atomic E-state index is 0.0239. The van der Waals surface area contributed by atoms with Crippen LogP contribution >= 0.6 is 31.9 Å². The molecule has 0 unspecified atom stereocenters. The van der Waals surface area contributed by atoms with Gasteiger partial charge in [-0.3, -0.25) is 0 Å². The molecule has 4 nitrogen and oxygen atoms in total. The number of hydrogen-bond acceptors (Lipinski definition) is 2. The third-order valence-corrected chi connectivity index (χ3v) is 4.42. The normalized spacial score (nSPS) is 14.7. The summed E-state index contributed by atoms with van der Waals surface area (Å²) in [5, 5.41) is 3.02. The Kier molecular flexibility index (Phi) is 5.86. The minimum Gasteiger partial charge on any atom is -0.384 e. The summed E-state index contributed by atoms with van der Waals surface area (Å²) < 4.78 is 6.99. The van der Waals surface area contributed by atoms with Gasteiger partial charge in [0.15, 0.2) is 0 Å². The molecular weight excluding hydrogens is 388 g/mol. The highest BCUT2D eigenvalue weighted by Crippen LogP contribution is 2.31. The molecule has 1 aliphatic heterocycles. The fourth-order valence-electron chi connectivity index (χ4n) is 2.28. The van der Waals surface area contributed by atoms with Gasteiger partial charge in [0, 0.05) is 29.1 Å². The molecule has 1 aromatic carbocycles. The molecule has 0 aliphatic carbocycles. The number of carbonyl (C=O) groups is 1. The third kappa shape index (κ3) is 3.96. The van der Waals surface area contributed by atoms with Crippen LogP contribution in [0, 0.1) is 0 Å². The first-order chi connectivity index (χ1) is 9.61. The van der Waals surface area contributed by atoms with Crippen molar-refractivity contribution < 1.29 is 9.53 Å². The van der Waals surface area contributed by atoms with Gasteiger partial charge in [-0.2, -0.15) is 0 Å². The van der Waals surface area contributed by atoms with E-state index in [0.29, 0.717) is 6.61 Å². The van der Waals surface area contributed by atoms with Gasteiger partial charge in [-0.15, -0.1) is 0 Å². The molecule has 1 saturated heterocycles. The topological polar surface area (TPSA) is 41.6 Å². The second-order valence-corrected chi connectivity index (χ2v) is 6.56. The lowest BCUT2D eigenvalue weighted by Gasteiger charge is -2.19. The third-order valence-electron chi connectivity index (χ3n) is 3.34. The average molecular weight is 406 g/mol. The van der Waals surface area contributed by atoms with Crippen LogP contribution in [0.5, 0.6) is 0 Å². The molecule has 2 amide bonds. The Morgan fingerprint density at radius 1 is 1.35 bits per heavy atom. The summed E-state index contributed by atoms with van der Waals surface area (Å²) >= 11 is 7.00. The standard InChI is InChI=1S/C14H18Br2N2O2/c1-20-7-4-10-8-11(15)9-12(16)13(10)17-14(19)18-5-2-3-6-18/h8-9H,2-7H2,1H3,(H,17,19). The number of nitrogens with one attached hydrogen (secondary N) is 1. The largest absolute Gasteiger partial charge is 0.384 e. The van der Waals surface area contributed by atoms with Gasteiger partial charge in [-0.1, -0.05) is 15.9 Å². The van der Waals surface area contributed by atoms with Crippen molar-refractivity contribution in [3.05, 3.63) is 26.6 Å². The average Bonchev–Trinajstić information content (AvgIpc) is 2.93. The van der Waals surface area contributed by atoms with Gasteiger partial charge in [0.25, 0.3) is 0 Å². The summed E-state index contributed by atoms with van der Waals surface area (Å²) in [6, 6.07) is 3.93. The molecule has 0 atom stereocenters. The van der Waals surface area contributed by atoms with Crippen LogP contribution in [-0.2, 0) is 11.2 Å². The van der Waals surface area contributed by atoms with Gasteiger partial charge in [-0.05, 0) is 52.9 Å². The first-order valence-corrected chi connectivity index (χ1v) is 8.23. The number of halogens is 2. The SMILES string of the molecule is COCCc1cc(Br)cc(Br)c1NC(=O)N1CCCC1. The lowest BCUT2D eigenvalue weighted by molar-refractivity contribution is 0.202. The zero-order valence-electron chi connectivity index (χ0n) is 11.4. The van der Waals surface area contributed by atoms with Gasteiger partial charge in [0.1, 0.15) is 0 Å². The molecule has 2 rings (SSSR count). The molecule has 1 N–H and O–H groups in total. The molecule has 0 bridgehead atoms.